The minimum absolute atomic E-state index is 0.345. The lowest BCUT2D eigenvalue weighted by molar-refractivity contribution is -0.204. The molecule has 1 aliphatic rings. The Morgan fingerprint density at radius 1 is 1.44 bits per heavy atom. The molecule has 0 radical (unpaired) electrons. The number of rotatable bonds is 6. The van der Waals surface area contributed by atoms with Crippen molar-refractivity contribution < 1.29 is 59.1 Å². The number of aromatic amines is 1. The summed E-state index contributed by atoms with van der Waals surface area (Å²) in [7, 11) is -11.7. The fourth-order valence-corrected chi connectivity index (χ4v) is 3.62. The number of aliphatic hydroxyl groups is 2. The number of alkyl halides is 1. The molecule has 1 fully saturated rings. The molecule has 13 nitrogen and oxygen atoms in total. The minimum atomic E-state index is -5.98. The second-order valence-corrected chi connectivity index (χ2v) is 8.11. The van der Waals surface area contributed by atoms with Gasteiger partial charge in [0.15, 0.2) is 11.0 Å². The van der Waals surface area contributed by atoms with Crippen LogP contribution in [0, 0.1) is 10.6 Å². The second kappa shape index (κ2) is 7.50. The Balaban J connectivity index is 2.42. The zero-order chi connectivity index (χ0) is 22.6. The molecule has 0 amide bonds. The standard InChI is InChI=1S/C9H12F2N2O11P2S/c10-3-1-13(8(27)12-6(3)16)7-4(14)5(15)9(11,23-7)2-22-26(20,21)24-25(17,18)19/h1,4-5,7,14-15H,2H2,(H,20,21)(H,12,16,27)(H2,17,18,19)/t4-,5+,7-,9-/m1/s1/i2D2. The third-order valence-corrected chi connectivity index (χ3v) is 5.31. The van der Waals surface area contributed by atoms with Crippen molar-refractivity contribution >= 4 is 27.9 Å². The summed E-state index contributed by atoms with van der Waals surface area (Å²) in [5.41, 5.74) is -1.29. The molecule has 154 valence electrons. The molecule has 6 N–H and O–H groups in total. The lowest BCUT2D eigenvalue weighted by Gasteiger charge is -2.24. The molecule has 0 aliphatic carbocycles. The van der Waals surface area contributed by atoms with E-state index in [0.29, 0.717) is 10.8 Å². The first-order valence-corrected chi connectivity index (χ1v) is 9.88. The van der Waals surface area contributed by atoms with Crippen LogP contribution in [-0.4, -0.2) is 59.1 Å². The van der Waals surface area contributed by atoms with Crippen molar-refractivity contribution in [2.45, 2.75) is 24.3 Å². The number of hydrogen-bond acceptors (Lipinski definition) is 9. The molecule has 0 bridgehead atoms. The summed E-state index contributed by atoms with van der Waals surface area (Å²) in [5, 5.41) is 19.9. The van der Waals surface area contributed by atoms with Gasteiger partial charge in [0.2, 0.25) is 5.82 Å². The molecule has 2 heterocycles. The first-order chi connectivity index (χ1) is 12.9. The smallest absolute Gasteiger partial charge is 0.385 e. The van der Waals surface area contributed by atoms with Crippen LogP contribution in [0.1, 0.15) is 8.97 Å². The van der Waals surface area contributed by atoms with E-state index in [1.165, 1.54) is 0 Å². The van der Waals surface area contributed by atoms with Crippen molar-refractivity contribution in [3.05, 3.63) is 27.1 Å². The van der Waals surface area contributed by atoms with E-state index in [2.05, 4.69) is 25.8 Å². The molecule has 0 aromatic carbocycles. The van der Waals surface area contributed by atoms with Crippen molar-refractivity contribution in [2.24, 2.45) is 0 Å². The van der Waals surface area contributed by atoms with Crippen LogP contribution < -0.4 is 5.56 Å². The summed E-state index contributed by atoms with van der Waals surface area (Å²) < 4.78 is 77.0. The molecule has 0 spiro atoms. The number of phosphoric ester groups is 1. The normalized spacial score (nSPS) is 32.6. The highest BCUT2D eigenvalue weighted by molar-refractivity contribution is 7.71. The Hall–Kier alpha value is -0.900. The quantitative estimate of drug-likeness (QED) is 0.229. The summed E-state index contributed by atoms with van der Waals surface area (Å²) in [6.07, 6.45) is -7.09. The van der Waals surface area contributed by atoms with Crippen LogP contribution in [0.3, 0.4) is 0 Å². The van der Waals surface area contributed by atoms with Gasteiger partial charge in [-0.3, -0.25) is 18.9 Å². The molecule has 27 heavy (non-hydrogen) atoms. The average Bonchev–Trinajstić information content (AvgIpc) is 2.73. The van der Waals surface area contributed by atoms with E-state index in [-0.39, 0.29) is 0 Å². The van der Waals surface area contributed by atoms with Gasteiger partial charge in [-0.15, -0.1) is 0 Å². The highest BCUT2D eigenvalue weighted by atomic mass is 32.1. The average molecular weight is 458 g/mol. The van der Waals surface area contributed by atoms with Gasteiger partial charge in [-0.2, -0.15) is 8.70 Å². The summed E-state index contributed by atoms with van der Waals surface area (Å²) in [6, 6.07) is 0. The van der Waals surface area contributed by atoms with Gasteiger partial charge in [0.05, 0.1) is 8.94 Å². The molecule has 1 unspecified atom stereocenters. The van der Waals surface area contributed by atoms with Gasteiger partial charge in [0.1, 0.15) is 18.8 Å². The molecule has 5 atom stereocenters. The number of H-pyrrole nitrogens is 1. The fourth-order valence-electron chi connectivity index (χ4n) is 1.92. The van der Waals surface area contributed by atoms with Crippen LogP contribution in [0.4, 0.5) is 8.78 Å². The topological polar surface area (TPSA) is 201 Å². The maximum absolute atomic E-state index is 15.1. The van der Waals surface area contributed by atoms with E-state index >= 15 is 4.39 Å². The van der Waals surface area contributed by atoms with Gasteiger partial charge in [-0.1, -0.05) is 0 Å². The van der Waals surface area contributed by atoms with Crippen LogP contribution in [0.25, 0.3) is 0 Å². The van der Waals surface area contributed by atoms with Gasteiger partial charge in [-0.05, 0) is 12.2 Å². The number of aromatic nitrogens is 2. The number of hydrogen-bond donors (Lipinski definition) is 6. The van der Waals surface area contributed by atoms with E-state index < -0.39 is 62.6 Å². The summed E-state index contributed by atoms with van der Waals surface area (Å²) >= 11 is 4.67. The molecule has 18 heteroatoms. The summed E-state index contributed by atoms with van der Waals surface area (Å²) in [6.45, 7) is -4.18. The maximum atomic E-state index is 15.1. The molecule has 1 aliphatic heterocycles. The summed E-state index contributed by atoms with van der Waals surface area (Å²) in [4.78, 5) is 39.2. The van der Waals surface area contributed by atoms with Crippen molar-refractivity contribution in [1.29, 1.82) is 0 Å². The van der Waals surface area contributed by atoms with E-state index in [1.807, 2.05) is 0 Å². The number of aliphatic hydroxyl groups excluding tert-OH is 2. The largest absolute Gasteiger partial charge is 0.481 e. The van der Waals surface area contributed by atoms with E-state index in [9.17, 15) is 33.4 Å². The molecular formula is C9H12F2N2O11P2S. The third-order valence-electron chi connectivity index (χ3n) is 3.00. The number of nitrogens with one attached hydrogen (secondary N) is 1. The fraction of sp³-hybridized carbons (Fsp3) is 0.556. The lowest BCUT2D eigenvalue weighted by Crippen LogP contribution is -2.42. The van der Waals surface area contributed by atoms with Crippen LogP contribution in [0.5, 0.6) is 0 Å². The summed E-state index contributed by atoms with van der Waals surface area (Å²) in [5.74, 6) is -5.65. The Kier molecular flexibility index (Phi) is 5.39. The zero-order valence-corrected chi connectivity index (χ0v) is 15.1. The lowest BCUT2D eigenvalue weighted by atomic mass is 10.1. The number of ether oxygens (including phenoxy) is 1. The molecule has 0 saturated carbocycles. The third kappa shape index (κ3) is 5.13. The Labute approximate surface area is 155 Å². The number of halogens is 2. The number of phosphoric acid groups is 2. The van der Waals surface area contributed by atoms with E-state index in [4.69, 9.17) is 12.5 Å². The van der Waals surface area contributed by atoms with Crippen molar-refractivity contribution in [1.82, 2.24) is 9.55 Å². The molecule has 1 aromatic heterocycles. The zero-order valence-electron chi connectivity index (χ0n) is 14.5. The SMILES string of the molecule is [2H]C([2H])(OP(=O)(O)OP(=O)(O)O)[C@@]1(F)O[C@@H](n2cc(F)c(=O)[nH]c2=S)[C@H](O)[C@@H]1O. The highest BCUT2D eigenvalue weighted by Crippen LogP contribution is 2.58. The maximum Gasteiger partial charge on any atom is 0.481 e. The molecule has 1 saturated heterocycles. The van der Waals surface area contributed by atoms with Gasteiger partial charge in [-0.25, -0.2) is 13.5 Å². The van der Waals surface area contributed by atoms with Crippen LogP contribution >= 0.6 is 27.9 Å². The molecule has 1 aromatic rings. The van der Waals surface area contributed by atoms with Crippen molar-refractivity contribution in [3.63, 3.8) is 0 Å². The Morgan fingerprint density at radius 3 is 2.59 bits per heavy atom. The van der Waals surface area contributed by atoms with Gasteiger partial charge < -0.3 is 29.6 Å². The first-order valence-electron chi connectivity index (χ1n) is 7.44. The van der Waals surface area contributed by atoms with Crippen LogP contribution in [0.2, 0.25) is 0 Å². The first kappa shape index (κ1) is 19.4. The number of nitrogens with zero attached hydrogens (tertiary/aromatic N) is 1. The van der Waals surface area contributed by atoms with Gasteiger partial charge in [0.25, 0.3) is 11.4 Å². The predicted molar refractivity (Wildman–Crippen MR) is 80.7 cm³/mol. The minimum Gasteiger partial charge on any atom is -0.385 e. The Bertz CT molecular complexity index is 1020. The van der Waals surface area contributed by atoms with Crippen molar-refractivity contribution in [3.8, 4) is 0 Å². The Morgan fingerprint density at radius 2 is 2.04 bits per heavy atom. The van der Waals surface area contributed by atoms with Gasteiger partial charge in [0, 0.05) is 0 Å². The molecular weight excluding hydrogens is 444 g/mol. The molecule has 2 rings (SSSR count). The highest BCUT2D eigenvalue weighted by Gasteiger charge is 2.57. The second-order valence-electron chi connectivity index (χ2n) is 4.97. The van der Waals surface area contributed by atoms with E-state index in [0.717, 1.165) is 0 Å². The predicted octanol–water partition coefficient (Wildman–Crippen LogP) is -0.812. The van der Waals surface area contributed by atoms with Gasteiger partial charge >= 0.3 is 15.6 Å². The van der Waals surface area contributed by atoms with Crippen LogP contribution in [-0.2, 0) is 22.7 Å². The van der Waals surface area contributed by atoms with Crippen LogP contribution in [0.15, 0.2) is 11.0 Å². The van der Waals surface area contributed by atoms with Crippen molar-refractivity contribution in [2.75, 3.05) is 6.56 Å². The van der Waals surface area contributed by atoms with E-state index in [1.54, 1.807) is 4.98 Å². The monoisotopic (exact) mass is 458 g/mol.